The van der Waals surface area contributed by atoms with Gasteiger partial charge >= 0.3 is 0 Å². The number of likely N-dealkylation sites (tertiary alicyclic amines) is 1. The number of aryl methyl sites for hydroxylation is 1. The van der Waals surface area contributed by atoms with Crippen molar-refractivity contribution >= 4 is 24.1 Å². The van der Waals surface area contributed by atoms with E-state index in [1.54, 1.807) is 0 Å². The fourth-order valence-corrected chi connectivity index (χ4v) is 2.91. The number of carbonyl (C=O) groups excluding carboxylic acids is 2. The fourth-order valence-electron chi connectivity index (χ4n) is 2.91. The average molecular weight is 325 g/mol. The number of halogens is 1. The lowest BCUT2D eigenvalue weighted by Crippen LogP contribution is -2.34. The van der Waals surface area contributed by atoms with Crippen LogP contribution in [0.2, 0.25) is 0 Å². The highest BCUT2D eigenvalue weighted by Gasteiger charge is 2.31. The molecule has 0 bridgehead atoms. The smallest absolute Gasteiger partial charge is 0.223 e. The lowest BCUT2D eigenvalue weighted by Gasteiger charge is -2.21. The first-order valence-electron chi connectivity index (χ1n) is 7.60. The van der Waals surface area contributed by atoms with Crippen molar-refractivity contribution in [2.45, 2.75) is 39.2 Å². The van der Waals surface area contributed by atoms with E-state index in [-0.39, 0.29) is 43.0 Å². The Morgan fingerprint density at radius 2 is 1.86 bits per heavy atom. The van der Waals surface area contributed by atoms with Gasteiger partial charge in [-0.15, -0.1) is 12.4 Å². The predicted molar refractivity (Wildman–Crippen MR) is 90.3 cm³/mol. The number of nitrogens with zero attached hydrogens (tertiary/aromatic N) is 1. The molecule has 0 aromatic heterocycles. The molecule has 0 radical (unpaired) electrons. The summed E-state index contributed by atoms with van der Waals surface area (Å²) in [5.41, 5.74) is 7.49. The molecule has 1 aromatic carbocycles. The third-order valence-electron chi connectivity index (χ3n) is 4.25. The van der Waals surface area contributed by atoms with Gasteiger partial charge in [0, 0.05) is 31.0 Å². The maximum Gasteiger partial charge on any atom is 0.223 e. The zero-order valence-corrected chi connectivity index (χ0v) is 14.1. The molecule has 1 fully saturated rings. The normalized spacial score (nSPS) is 20.6. The number of amides is 1. The van der Waals surface area contributed by atoms with E-state index in [0.29, 0.717) is 18.0 Å². The van der Waals surface area contributed by atoms with E-state index in [1.807, 2.05) is 36.1 Å². The van der Waals surface area contributed by atoms with Gasteiger partial charge in [0.2, 0.25) is 5.91 Å². The molecular weight excluding hydrogens is 300 g/mol. The molecule has 2 unspecified atom stereocenters. The molecule has 1 heterocycles. The van der Waals surface area contributed by atoms with E-state index in [4.69, 9.17) is 5.73 Å². The Hall–Kier alpha value is -1.39. The van der Waals surface area contributed by atoms with Gasteiger partial charge in [-0.2, -0.15) is 0 Å². The molecule has 1 aromatic rings. The predicted octanol–water partition coefficient (Wildman–Crippen LogP) is 2.58. The fraction of sp³-hybridized carbons (Fsp3) is 0.529. The van der Waals surface area contributed by atoms with Crippen molar-refractivity contribution in [1.29, 1.82) is 0 Å². The quantitative estimate of drug-likeness (QED) is 0.847. The summed E-state index contributed by atoms with van der Waals surface area (Å²) in [5.74, 6) is 0.501. The highest BCUT2D eigenvalue weighted by atomic mass is 35.5. The van der Waals surface area contributed by atoms with Gasteiger partial charge in [0.25, 0.3) is 0 Å². The van der Waals surface area contributed by atoms with Crippen LogP contribution in [0.3, 0.4) is 0 Å². The summed E-state index contributed by atoms with van der Waals surface area (Å²) in [4.78, 5) is 26.2. The van der Waals surface area contributed by atoms with Gasteiger partial charge < -0.3 is 10.6 Å². The second-order valence-corrected chi connectivity index (χ2v) is 6.02. The molecule has 1 aliphatic rings. The van der Waals surface area contributed by atoms with Crippen molar-refractivity contribution in [2.75, 3.05) is 13.1 Å². The summed E-state index contributed by atoms with van der Waals surface area (Å²) in [6, 6.07) is 7.73. The lowest BCUT2D eigenvalue weighted by molar-refractivity contribution is -0.131. The van der Waals surface area contributed by atoms with E-state index < -0.39 is 0 Å². The highest BCUT2D eigenvalue weighted by Crippen LogP contribution is 2.23. The summed E-state index contributed by atoms with van der Waals surface area (Å²) >= 11 is 0. The van der Waals surface area contributed by atoms with Crippen LogP contribution in [0.5, 0.6) is 0 Å². The van der Waals surface area contributed by atoms with Crippen molar-refractivity contribution in [3.05, 3.63) is 35.4 Å². The Morgan fingerprint density at radius 1 is 1.23 bits per heavy atom. The zero-order valence-electron chi connectivity index (χ0n) is 13.2. The number of ketones is 1. The zero-order chi connectivity index (χ0) is 15.4. The maximum atomic E-state index is 12.2. The molecule has 2 rings (SSSR count). The van der Waals surface area contributed by atoms with Gasteiger partial charge in [-0.25, -0.2) is 0 Å². The van der Waals surface area contributed by atoms with Crippen molar-refractivity contribution in [3.63, 3.8) is 0 Å². The summed E-state index contributed by atoms with van der Waals surface area (Å²) in [7, 11) is 0. The van der Waals surface area contributed by atoms with E-state index in [9.17, 15) is 9.59 Å². The Kier molecular flexibility index (Phi) is 7.04. The van der Waals surface area contributed by atoms with E-state index in [0.717, 1.165) is 18.5 Å². The lowest BCUT2D eigenvalue weighted by atomic mass is 10.0. The molecular formula is C17H25ClN2O2. The number of Topliss-reactive ketones (excluding diaryl/α,β-unsaturated/α-hetero) is 1. The van der Waals surface area contributed by atoms with Crippen molar-refractivity contribution in [1.82, 2.24) is 4.90 Å². The van der Waals surface area contributed by atoms with Crippen LogP contribution in [0.1, 0.15) is 42.1 Å². The Bertz CT molecular complexity index is 516. The van der Waals surface area contributed by atoms with Crippen molar-refractivity contribution < 1.29 is 9.59 Å². The monoisotopic (exact) mass is 324 g/mol. The molecule has 4 nitrogen and oxygen atoms in total. The molecule has 0 spiro atoms. The molecule has 0 saturated carbocycles. The van der Waals surface area contributed by atoms with E-state index in [1.165, 1.54) is 0 Å². The second-order valence-electron chi connectivity index (χ2n) is 6.02. The Labute approximate surface area is 138 Å². The third-order valence-corrected chi connectivity index (χ3v) is 4.25. The average Bonchev–Trinajstić information content (AvgIpc) is 2.86. The molecule has 122 valence electrons. The minimum absolute atomic E-state index is 0. The molecule has 22 heavy (non-hydrogen) atoms. The van der Waals surface area contributed by atoms with Crippen LogP contribution >= 0.6 is 12.4 Å². The third kappa shape index (κ3) is 4.55. The van der Waals surface area contributed by atoms with Gasteiger partial charge in [0.05, 0.1) is 0 Å². The molecule has 0 aliphatic carbocycles. The van der Waals surface area contributed by atoms with E-state index in [2.05, 4.69) is 6.92 Å². The van der Waals surface area contributed by atoms with Gasteiger partial charge in [-0.3, -0.25) is 9.59 Å². The molecule has 1 saturated heterocycles. The van der Waals surface area contributed by atoms with Gasteiger partial charge in [-0.1, -0.05) is 29.8 Å². The van der Waals surface area contributed by atoms with Crippen molar-refractivity contribution in [2.24, 2.45) is 11.7 Å². The van der Waals surface area contributed by atoms with Crippen LogP contribution in [-0.2, 0) is 4.79 Å². The summed E-state index contributed by atoms with van der Waals surface area (Å²) < 4.78 is 0. The van der Waals surface area contributed by atoms with Gasteiger partial charge in [-0.05, 0) is 32.7 Å². The summed E-state index contributed by atoms with van der Waals surface area (Å²) in [6.45, 7) is 5.39. The minimum Gasteiger partial charge on any atom is -0.340 e. The molecule has 1 amide bonds. The standard InChI is InChI=1S/C17H24N2O2.ClH/c1-12-3-5-15(6-4-12)16(20)7-8-17(21)19-11-14(10-18)9-13(19)2;/h3-6,13-14H,7-11,18H2,1-2H3;1H. The second kappa shape index (κ2) is 8.30. The maximum absolute atomic E-state index is 12.2. The first-order valence-corrected chi connectivity index (χ1v) is 7.60. The van der Waals surface area contributed by atoms with Gasteiger partial charge in [0.1, 0.15) is 0 Å². The molecule has 2 atom stereocenters. The summed E-state index contributed by atoms with van der Waals surface area (Å²) in [5, 5.41) is 0. The van der Waals surface area contributed by atoms with Crippen LogP contribution in [0, 0.1) is 12.8 Å². The Morgan fingerprint density at radius 3 is 2.41 bits per heavy atom. The topological polar surface area (TPSA) is 63.4 Å². The number of nitrogens with two attached hydrogens (primary N) is 1. The molecule has 2 N–H and O–H groups in total. The van der Waals surface area contributed by atoms with Crippen LogP contribution in [0.15, 0.2) is 24.3 Å². The highest BCUT2D eigenvalue weighted by molar-refractivity contribution is 5.98. The largest absolute Gasteiger partial charge is 0.340 e. The number of hydrogen-bond donors (Lipinski definition) is 1. The van der Waals surface area contributed by atoms with Crippen LogP contribution in [0.4, 0.5) is 0 Å². The minimum atomic E-state index is 0. The number of hydrogen-bond acceptors (Lipinski definition) is 3. The number of carbonyl (C=O) groups is 2. The number of benzene rings is 1. The Balaban J connectivity index is 0.00000242. The van der Waals surface area contributed by atoms with Gasteiger partial charge in [0.15, 0.2) is 5.78 Å². The van der Waals surface area contributed by atoms with Crippen molar-refractivity contribution in [3.8, 4) is 0 Å². The van der Waals surface area contributed by atoms with Crippen LogP contribution < -0.4 is 5.73 Å². The van der Waals surface area contributed by atoms with Crippen LogP contribution in [-0.4, -0.2) is 35.7 Å². The first kappa shape index (κ1) is 18.7. The first-order chi connectivity index (χ1) is 10.0. The van der Waals surface area contributed by atoms with Crippen LogP contribution in [0.25, 0.3) is 0 Å². The SMILES string of the molecule is Cc1ccc(C(=O)CCC(=O)N2CC(CN)CC2C)cc1.Cl. The van der Waals surface area contributed by atoms with E-state index >= 15 is 0 Å². The number of rotatable bonds is 5. The molecule has 1 aliphatic heterocycles. The summed E-state index contributed by atoms with van der Waals surface area (Å²) in [6.07, 6.45) is 1.53. The molecule has 5 heteroatoms.